The van der Waals surface area contributed by atoms with E-state index < -0.39 is 0 Å². The Morgan fingerprint density at radius 2 is 2.18 bits per heavy atom. The predicted octanol–water partition coefficient (Wildman–Crippen LogP) is 0.790. The molecule has 1 saturated heterocycles. The fourth-order valence-corrected chi connectivity index (χ4v) is 1.20. The highest BCUT2D eigenvalue weighted by Gasteiger charge is 2.12. The topological polar surface area (TPSA) is 47.6 Å². The third kappa shape index (κ3) is 3.37. The Kier molecular flexibility index (Phi) is 3.36. The molecule has 0 aromatic carbocycles. The standard InChI is InChI=1S/C8H16N2O/c1-7(9)10-6-8-2-4-11-5-3-8/h8H,2-6H2,1H3,(H2,9,10). The maximum Gasteiger partial charge on any atom is 0.0905 e. The van der Waals surface area contributed by atoms with Crippen LogP contribution in [0.5, 0.6) is 0 Å². The Bertz CT molecular complexity index is 135. The van der Waals surface area contributed by atoms with E-state index in [1.807, 2.05) is 6.92 Å². The van der Waals surface area contributed by atoms with Gasteiger partial charge in [0.25, 0.3) is 0 Å². The first-order chi connectivity index (χ1) is 5.29. The fourth-order valence-electron chi connectivity index (χ4n) is 1.20. The zero-order valence-electron chi connectivity index (χ0n) is 7.05. The van der Waals surface area contributed by atoms with Crippen LogP contribution >= 0.6 is 0 Å². The van der Waals surface area contributed by atoms with E-state index in [4.69, 9.17) is 10.5 Å². The van der Waals surface area contributed by atoms with E-state index in [-0.39, 0.29) is 0 Å². The van der Waals surface area contributed by atoms with Gasteiger partial charge < -0.3 is 10.5 Å². The highest BCUT2D eigenvalue weighted by atomic mass is 16.5. The molecule has 11 heavy (non-hydrogen) atoms. The normalized spacial score (nSPS) is 22.1. The Labute approximate surface area is 67.6 Å². The molecule has 1 fully saturated rings. The van der Waals surface area contributed by atoms with Crippen molar-refractivity contribution in [3.8, 4) is 0 Å². The summed E-state index contributed by atoms with van der Waals surface area (Å²) >= 11 is 0. The van der Waals surface area contributed by atoms with E-state index in [9.17, 15) is 0 Å². The average molecular weight is 156 g/mol. The van der Waals surface area contributed by atoms with Gasteiger partial charge in [0.05, 0.1) is 5.84 Å². The van der Waals surface area contributed by atoms with Crippen molar-refractivity contribution < 1.29 is 4.74 Å². The van der Waals surface area contributed by atoms with Crippen molar-refractivity contribution in [1.29, 1.82) is 0 Å². The summed E-state index contributed by atoms with van der Waals surface area (Å²) in [4.78, 5) is 4.19. The van der Waals surface area contributed by atoms with Gasteiger partial charge in [-0.05, 0) is 25.7 Å². The average Bonchev–Trinajstić information content (AvgIpc) is 2.03. The van der Waals surface area contributed by atoms with Crippen LogP contribution in [0.3, 0.4) is 0 Å². The Hall–Kier alpha value is -0.570. The van der Waals surface area contributed by atoms with Crippen LogP contribution in [0.4, 0.5) is 0 Å². The first-order valence-corrected chi connectivity index (χ1v) is 4.13. The van der Waals surface area contributed by atoms with E-state index in [0.717, 1.165) is 32.6 Å². The monoisotopic (exact) mass is 156 g/mol. The third-order valence-corrected chi connectivity index (χ3v) is 1.94. The minimum absolute atomic E-state index is 0.691. The number of hydrogen-bond acceptors (Lipinski definition) is 2. The number of ether oxygens (including phenoxy) is 1. The van der Waals surface area contributed by atoms with Gasteiger partial charge in [0.15, 0.2) is 0 Å². The summed E-state index contributed by atoms with van der Waals surface area (Å²) in [7, 11) is 0. The number of amidine groups is 1. The summed E-state index contributed by atoms with van der Waals surface area (Å²) in [5.74, 6) is 1.39. The molecule has 0 spiro atoms. The molecule has 0 unspecified atom stereocenters. The summed E-state index contributed by atoms with van der Waals surface area (Å²) in [6, 6.07) is 0. The van der Waals surface area contributed by atoms with Crippen LogP contribution in [-0.2, 0) is 4.74 Å². The predicted molar refractivity (Wildman–Crippen MR) is 45.7 cm³/mol. The molecular weight excluding hydrogens is 140 g/mol. The van der Waals surface area contributed by atoms with Gasteiger partial charge in [0, 0.05) is 19.8 Å². The maximum absolute atomic E-state index is 5.43. The summed E-state index contributed by atoms with van der Waals surface area (Å²) in [6.45, 7) is 4.50. The first kappa shape index (κ1) is 8.53. The number of nitrogens with two attached hydrogens (primary N) is 1. The maximum atomic E-state index is 5.43. The molecule has 0 amide bonds. The molecule has 1 aliphatic heterocycles. The molecule has 0 saturated carbocycles. The van der Waals surface area contributed by atoms with Gasteiger partial charge in [0.2, 0.25) is 0 Å². The summed E-state index contributed by atoms with van der Waals surface area (Å²) in [5, 5.41) is 0. The molecule has 3 nitrogen and oxygen atoms in total. The molecule has 1 rings (SSSR count). The molecule has 0 aliphatic carbocycles. The summed E-state index contributed by atoms with van der Waals surface area (Å²) < 4.78 is 5.23. The van der Waals surface area contributed by atoms with E-state index in [1.165, 1.54) is 0 Å². The van der Waals surface area contributed by atoms with Gasteiger partial charge in [-0.15, -0.1) is 0 Å². The van der Waals surface area contributed by atoms with Gasteiger partial charge in [-0.25, -0.2) is 0 Å². The zero-order chi connectivity index (χ0) is 8.10. The van der Waals surface area contributed by atoms with Gasteiger partial charge in [-0.2, -0.15) is 0 Å². The summed E-state index contributed by atoms with van der Waals surface area (Å²) in [5.41, 5.74) is 5.43. The van der Waals surface area contributed by atoms with Crippen LogP contribution < -0.4 is 5.73 Å². The fraction of sp³-hybridized carbons (Fsp3) is 0.875. The smallest absolute Gasteiger partial charge is 0.0905 e. The summed E-state index contributed by atoms with van der Waals surface area (Å²) in [6.07, 6.45) is 2.27. The molecule has 0 aromatic rings. The Balaban J connectivity index is 2.19. The minimum Gasteiger partial charge on any atom is -0.388 e. The third-order valence-electron chi connectivity index (χ3n) is 1.94. The lowest BCUT2D eigenvalue weighted by molar-refractivity contribution is 0.0689. The SMILES string of the molecule is CC(N)=NCC1CCOCC1. The van der Waals surface area contributed by atoms with Crippen molar-refractivity contribution in [2.24, 2.45) is 16.6 Å². The molecular formula is C8H16N2O. The largest absolute Gasteiger partial charge is 0.388 e. The second-order valence-corrected chi connectivity index (χ2v) is 3.04. The number of rotatable bonds is 2. The van der Waals surface area contributed by atoms with Crippen molar-refractivity contribution in [2.45, 2.75) is 19.8 Å². The molecule has 0 bridgehead atoms. The van der Waals surface area contributed by atoms with E-state index in [0.29, 0.717) is 11.8 Å². The lowest BCUT2D eigenvalue weighted by Crippen LogP contribution is -2.19. The number of aliphatic imine (C=N–C) groups is 1. The lowest BCUT2D eigenvalue weighted by Gasteiger charge is -2.19. The van der Waals surface area contributed by atoms with Crippen molar-refractivity contribution in [3.05, 3.63) is 0 Å². The molecule has 1 heterocycles. The van der Waals surface area contributed by atoms with Gasteiger partial charge in [-0.3, -0.25) is 4.99 Å². The van der Waals surface area contributed by atoms with Gasteiger partial charge in [0.1, 0.15) is 0 Å². The molecule has 1 aliphatic rings. The van der Waals surface area contributed by atoms with E-state index >= 15 is 0 Å². The molecule has 0 atom stereocenters. The van der Waals surface area contributed by atoms with Crippen LogP contribution in [0.1, 0.15) is 19.8 Å². The van der Waals surface area contributed by atoms with E-state index in [1.54, 1.807) is 0 Å². The van der Waals surface area contributed by atoms with Crippen LogP contribution in [0, 0.1) is 5.92 Å². The van der Waals surface area contributed by atoms with Gasteiger partial charge >= 0.3 is 0 Å². The van der Waals surface area contributed by atoms with Crippen LogP contribution in [0.15, 0.2) is 4.99 Å². The van der Waals surface area contributed by atoms with Gasteiger partial charge in [-0.1, -0.05) is 0 Å². The lowest BCUT2D eigenvalue weighted by atomic mass is 10.0. The minimum atomic E-state index is 0.691. The van der Waals surface area contributed by atoms with Crippen molar-refractivity contribution >= 4 is 5.84 Å². The molecule has 0 radical (unpaired) electrons. The Morgan fingerprint density at radius 1 is 1.55 bits per heavy atom. The Morgan fingerprint density at radius 3 is 2.73 bits per heavy atom. The zero-order valence-corrected chi connectivity index (χ0v) is 7.05. The number of hydrogen-bond donors (Lipinski definition) is 1. The van der Waals surface area contributed by atoms with Crippen molar-refractivity contribution in [2.75, 3.05) is 19.8 Å². The first-order valence-electron chi connectivity index (χ1n) is 4.13. The van der Waals surface area contributed by atoms with Crippen molar-refractivity contribution in [3.63, 3.8) is 0 Å². The second-order valence-electron chi connectivity index (χ2n) is 3.04. The van der Waals surface area contributed by atoms with Crippen LogP contribution in [0.25, 0.3) is 0 Å². The van der Waals surface area contributed by atoms with Crippen LogP contribution in [0.2, 0.25) is 0 Å². The van der Waals surface area contributed by atoms with Crippen LogP contribution in [-0.4, -0.2) is 25.6 Å². The molecule has 64 valence electrons. The van der Waals surface area contributed by atoms with E-state index in [2.05, 4.69) is 4.99 Å². The molecule has 3 heteroatoms. The second kappa shape index (κ2) is 4.34. The molecule has 0 aromatic heterocycles. The highest BCUT2D eigenvalue weighted by molar-refractivity contribution is 5.77. The van der Waals surface area contributed by atoms with Crippen molar-refractivity contribution in [1.82, 2.24) is 0 Å². The number of nitrogens with zero attached hydrogens (tertiary/aromatic N) is 1. The molecule has 2 N–H and O–H groups in total. The highest BCUT2D eigenvalue weighted by Crippen LogP contribution is 2.14. The quantitative estimate of drug-likeness (QED) is 0.474.